The highest BCUT2D eigenvalue weighted by molar-refractivity contribution is 7.89. The van der Waals surface area contributed by atoms with Crippen LogP contribution in [0.15, 0.2) is 65.8 Å². The second kappa shape index (κ2) is 9.46. The second-order valence-electron chi connectivity index (χ2n) is 8.17. The van der Waals surface area contributed by atoms with E-state index in [0.717, 1.165) is 17.7 Å². The zero-order valence-corrected chi connectivity index (χ0v) is 19.0. The Morgan fingerprint density at radius 2 is 1.66 bits per heavy atom. The topological polar surface area (TPSA) is 55.2 Å². The van der Waals surface area contributed by atoms with Crippen LogP contribution >= 0.6 is 0 Å². The molecule has 0 saturated carbocycles. The van der Waals surface area contributed by atoms with E-state index in [-0.39, 0.29) is 23.9 Å². The molecule has 32 heavy (non-hydrogen) atoms. The summed E-state index contributed by atoms with van der Waals surface area (Å²) in [5.74, 6) is 0.606. The van der Waals surface area contributed by atoms with E-state index >= 15 is 0 Å². The lowest BCUT2D eigenvalue weighted by molar-refractivity contribution is -0.137. The molecule has 0 amide bonds. The van der Waals surface area contributed by atoms with Gasteiger partial charge in [-0.3, -0.25) is 0 Å². The van der Waals surface area contributed by atoms with Gasteiger partial charge in [-0.05, 0) is 42.7 Å². The highest BCUT2D eigenvalue weighted by atomic mass is 32.2. The molecule has 0 radical (unpaired) electrons. The lowest BCUT2D eigenvalue weighted by Gasteiger charge is -2.24. The highest BCUT2D eigenvalue weighted by Gasteiger charge is 2.30. The van der Waals surface area contributed by atoms with Gasteiger partial charge in [-0.25, -0.2) is 13.4 Å². The molecule has 0 aliphatic carbocycles. The molecule has 172 valence electrons. The molecular weight excluding hydrogens is 439 g/mol. The first-order chi connectivity index (χ1) is 15.0. The quantitative estimate of drug-likeness (QED) is 0.465. The molecule has 9 heteroatoms. The SMILES string of the molecule is Cc1ccc(S(=O)(=O)N(Cc2nccn2Cc2ccc(C(F)(F)F)cc2)CC(C)C)cc1. The van der Waals surface area contributed by atoms with Crippen LogP contribution in [0.3, 0.4) is 0 Å². The molecule has 1 heterocycles. The zero-order chi connectivity index (χ0) is 23.5. The molecule has 2 aromatic carbocycles. The number of hydrogen-bond donors (Lipinski definition) is 0. The van der Waals surface area contributed by atoms with Crippen LogP contribution in [0.4, 0.5) is 13.2 Å². The van der Waals surface area contributed by atoms with Gasteiger partial charge in [0.25, 0.3) is 0 Å². The van der Waals surface area contributed by atoms with Crippen LogP contribution in [0.2, 0.25) is 0 Å². The molecule has 0 fully saturated rings. The van der Waals surface area contributed by atoms with Crippen LogP contribution in [0.1, 0.15) is 36.4 Å². The van der Waals surface area contributed by atoms with Gasteiger partial charge < -0.3 is 4.57 Å². The Hall–Kier alpha value is -2.65. The van der Waals surface area contributed by atoms with Crippen molar-refractivity contribution in [1.82, 2.24) is 13.9 Å². The lowest BCUT2D eigenvalue weighted by atomic mass is 10.1. The van der Waals surface area contributed by atoms with Crippen molar-refractivity contribution in [2.75, 3.05) is 6.54 Å². The Bertz CT molecular complexity index is 1140. The Kier molecular flexibility index (Phi) is 7.09. The number of alkyl halides is 3. The predicted molar refractivity (Wildman–Crippen MR) is 116 cm³/mol. The molecule has 5 nitrogen and oxygen atoms in total. The first kappa shape index (κ1) is 24.0. The van der Waals surface area contributed by atoms with Crippen LogP contribution in [0.5, 0.6) is 0 Å². The minimum atomic E-state index is -4.39. The Labute approximate surface area is 186 Å². The molecule has 0 bridgehead atoms. The van der Waals surface area contributed by atoms with Crippen LogP contribution in [-0.4, -0.2) is 28.8 Å². The number of sulfonamides is 1. The number of benzene rings is 2. The Balaban J connectivity index is 1.84. The van der Waals surface area contributed by atoms with Crippen LogP contribution in [-0.2, 0) is 29.3 Å². The maximum Gasteiger partial charge on any atom is 0.416 e. The first-order valence-electron chi connectivity index (χ1n) is 10.2. The van der Waals surface area contributed by atoms with Gasteiger partial charge in [0.2, 0.25) is 10.0 Å². The summed E-state index contributed by atoms with van der Waals surface area (Å²) in [5, 5.41) is 0. The lowest BCUT2D eigenvalue weighted by Crippen LogP contribution is -2.34. The Morgan fingerprint density at radius 3 is 2.22 bits per heavy atom. The van der Waals surface area contributed by atoms with E-state index in [0.29, 0.717) is 17.9 Å². The summed E-state index contributed by atoms with van der Waals surface area (Å²) in [4.78, 5) is 4.53. The molecule has 3 aromatic rings. The smallest absolute Gasteiger partial charge is 0.329 e. The van der Waals surface area contributed by atoms with Crippen molar-refractivity contribution >= 4 is 10.0 Å². The van der Waals surface area contributed by atoms with E-state index in [9.17, 15) is 21.6 Å². The normalized spacial score (nSPS) is 12.6. The number of rotatable bonds is 8. The van der Waals surface area contributed by atoms with Crippen molar-refractivity contribution in [1.29, 1.82) is 0 Å². The van der Waals surface area contributed by atoms with Gasteiger partial charge in [-0.1, -0.05) is 43.7 Å². The fourth-order valence-electron chi connectivity index (χ4n) is 3.30. The van der Waals surface area contributed by atoms with E-state index in [1.807, 2.05) is 20.8 Å². The molecule has 0 saturated heterocycles. The summed E-state index contributed by atoms with van der Waals surface area (Å²) in [6, 6.07) is 11.6. The summed E-state index contributed by atoms with van der Waals surface area (Å²) < 4.78 is 68.1. The molecular formula is C23H26F3N3O2S. The third kappa shape index (κ3) is 5.77. The van der Waals surface area contributed by atoms with Crippen molar-refractivity contribution in [2.24, 2.45) is 5.92 Å². The summed E-state index contributed by atoms with van der Waals surface area (Å²) in [6.45, 7) is 6.41. The molecule has 0 spiro atoms. The molecule has 0 aliphatic heterocycles. The van der Waals surface area contributed by atoms with Crippen molar-refractivity contribution in [3.05, 3.63) is 83.4 Å². The maximum absolute atomic E-state index is 13.3. The average Bonchev–Trinajstić information content (AvgIpc) is 3.14. The van der Waals surface area contributed by atoms with Gasteiger partial charge in [0.05, 0.1) is 17.0 Å². The van der Waals surface area contributed by atoms with Gasteiger partial charge in [0.15, 0.2) is 0 Å². The number of aryl methyl sites for hydroxylation is 1. The zero-order valence-electron chi connectivity index (χ0n) is 18.2. The molecule has 0 aliphatic rings. The molecule has 0 N–H and O–H groups in total. The molecule has 3 rings (SSSR count). The largest absolute Gasteiger partial charge is 0.416 e. The minimum Gasteiger partial charge on any atom is -0.329 e. The number of aromatic nitrogens is 2. The van der Waals surface area contributed by atoms with E-state index in [1.165, 1.54) is 16.4 Å². The summed E-state index contributed by atoms with van der Waals surface area (Å²) in [6.07, 6.45) is -1.13. The van der Waals surface area contributed by atoms with E-state index in [4.69, 9.17) is 0 Å². The van der Waals surface area contributed by atoms with E-state index < -0.39 is 21.8 Å². The standard InChI is InChI=1S/C23H26F3N3O2S/c1-17(2)14-29(32(30,31)21-10-4-18(3)5-11-21)16-22-27-12-13-28(22)15-19-6-8-20(9-7-19)23(24,25)26/h4-13,17H,14-16H2,1-3H3. The first-order valence-corrected chi connectivity index (χ1v) is 11.6. The minimum absolute atomic E-state index is 0.0576. The van der Waals surface area contributed by atoms with Gasteiger partial charge >= 0.3 is 6.18 Å². The van der Waals surface area contributed by atoms with Crippen molar-refractivity contribution in [3.63, 3.8) is 0 Å². The molecule has 1 aromatic heterocycles. The highest BCUT2D eigenvalue weighted by Crippen LogP contribution is 2.29. The fourth-order valence-corrected chi connectivity index (χ4v) is 4.86. The fraction of sp³-hybridized carbons (Fsp3) is 0.348. The number of halogens is 3. The van der Waals surface area contributed by atoms with Crippen molar-refractivity contribution in [2.45, 2.75) is 44.9 Å². The summed E-state index contributed by atoms with van der Waals surface area (Å²) in [5.41, 5.74) is 0.917. The van der Waals surface area contributed by atoms with E-state index in [2.05, 4.69) is 4.98 Å². The summed E-state index contributed by atoms with van der Waals surface area (Å²) in [7, 11) is -3.75. The second-order valence-corrected chi connectivity index (χ2v) is 10.1. The third-order valence-corrected chi connectivity index (χ3v) is 6.81. The van der Waals surface area contributed by atoms with Gasteiger partial charge in [0, 0.05) is 25.5 Å². The van der Waals surface area contributed by atoms with Crippen LogP contribution < -0.4 is 0 Å². The van der Waals surface area contributed by atoms with E-state index in [1.54, 1.807) is 41.2 Å². The molecule has 0 unspecified atom stereocenters. The maximum atomic E-state index is 13.3. The predicted octanol–water partition coefficient (Wildman–Crippen LogP) is 5.11. The van der Waals surface area contributed by atoms with Gasteiger partial charge in [-0.2, -0.15) is 17.5 Å². The van der Waals surface area contributed by atoms with Crippen molar-refractivity contribution in [3.8, 4) is 0 Å². The number of hydrogen-bond acceptors (Lipinski definition) is 3. The van der Waals surface area contributed by atoms with Gasteiger partial charge in [-0.15, -0.1) is 0 Å². The van der Waals surface area contributed by atoms with Gasteiger partial charge in [0.1, 0.15) is 5.82 Å². The monoisotopic (exact) mass is 465 g/mol. The number of nitrogens with zero attached hydrogens (tertiary/aromatic N) is 3. The number of imidazole rings is 1. The van der Waals surface area contributed by atoms with Crippen LogP contribution in [0, 0.1) is 12.8 Å². The third-order valence-electron chi connectivity index (χ3n) is 4.98. The van der Waals surface area contributed by atoms with Crippen molar-refractivity contribution < 1.29 is 21.6 Å². The Morgan fingerprint density at radius 1 is 1.03 bits per heavy atom. The average molecular weight is 466 g/mol. The molecule has 0 atom stereocenters. The summed E-state index contributed by atoms with van der Waals surface area (Å²) >= 11 is 0. The van der Waals surface area contributed by atoms with Crippen LogP contribution in [0.25, 0.3) is 0 Å².